The van der Waals surface area contributed by atoms with Crippen molar-refractivity contribution in [3.8, 4) is 5.75 Å². The molecule has 2 amide bonds. The van der Waals surface area contributed by atoms with Crippen molar-refractivity contribution in [1.82, 2.24) is 4.90 Å². The maximum absolute atomic E-state index is 13.1. The number of nitrogens with zero attached hydrogens (tertiary/aromatic N) is 1. The van der Waals surface area contributed by atoms with Crippen molar-refractivity contribution in [3.05, 3.63) is 59.9 Å². The second kappa shape index (κ2) is 7.31. The summed E-state index contributed by atoms with van der Waals surface area (Å²) in [5, 5.41) is 12.3. The maximum atomic E-state index is 13.1. The monoisotopic (exact) mass is 330 g/mol. The number of nitrogens with one attached hydrogen (secondary N) is 1. The van der Waals surface area contributed by atoms with Gasteiger partial charge >= 0.3 is 6.03 Å². The number of carbonyl (C=O) groups excluding carboxylic acids is 1. The zero-order valence-corrected chi connectivity index (χ0v) is 13.1. The Bertz CT molecular complexity index is 723. The second-order valence-electron chi connectivity index (χ2n) is 5.77. The standard InChI is InChI=1S/C18H19FN2O3/c19-14-4-2-6-17(10-14)24-12-13-3-1-5-15(9-13)20-18(23)21-8-7-16(22)11-21/h1-6,9-10,16,22H,7-8,11-12H2,(H,20,23)/t16-/m1/s1. The van der Waals surface area contributed by atoms with Gasteiger partial charge in [0.15, 0.2) is 0 Å². The van der Waals surface area contributed by atoms with Crippen LogP contribution < -0.4 is 10.1 Å². The summed E-state index contributed by atoms with van der Waals surface area (Å²) in [7, 11) is 0. The van der Waals surface area contributed by atoms with Crippen LogP contribution in [0.1, 0.15) is 12.0 Å². The van der Waals surface area contributed by atoms with Crippen LogP contribution >= 0.6 is 0 Å². The molecule has 0 bridgehead atoms. The quantitative estimate of drug-likeness (QED) is 0.906. The second-order valence-corrected chi connectivity index (χ2v) is 5.77. The molecule has 0 aromatic heterocycles. The van der Waals surface area contributed by atoms with Crippen LogP contribution in [0.5, 0.6) is 5.75 Å². The minimum Gasteiger partial charge on any atom is -0.489 e. The molecule has 0 saturated carbocycles. The summed E-state index contributed by atoms with van der Waals surface area (Å²) < 4.78 is 18.7. The van der Waals surface area contributed by atoms with E-state index in [4.69, 9.17) is 4.74 Å². The van der Waals surface area contributed by atoms with Crippen molar-refractivity contribution in [2.24, 2.45) is 0 Å². The lowest BCUT2D eigenvalue weighted by molar-refractivity contribution is 0.176. The van der Waals surface area contributed by atoms with Crippen LogP contribution in [0.25, 0.3) is 0 Å². The minimum atomic E-state index is -0.443. The first-order chi connectivity index (χ1) is 11.6. The van der Waals surface area contributed by atoms with E-state index in [1.165, 1.54) is 12.1 Å². The first-order valence-corrected chi connectivity index (χ1v) is 7.81. The molecule has 1 fully saturated rings. The molecule has 3 rings (SSSR count). The van der Waals surface area contributed by atoms with Crippen molar-refractivity contribution >= 4 is 11.7 Å². The van der Waals surface area contributed by atoms with E-state index in [0.717, 1.165) is 5.56 Å². The maximum Gasteiger partial charge on any atom is 0.321 e. The summed E-state index contributed by atoms with van der Waals surface area (Å²) in [6, 6.07) is 13.0. The highest BCUT2D eigenvalue weighted by atomic mass is 19.1. The zero-order valence-electron chi connectivity index (χ0n) is 13.1. The summed E-state index contributed by atoms with van der Waals surface area (Å²) in [5.74, 6) is 0.108. The van der Waals surface area contributed by atoms with E-state index in [9.17, 15) is 14.3 Å². The number of hydrogen-bond donors (Lipinski definition) is 2. The molecule has 2 aromatic carbocycles. The number of aliphatic hydroxyl groups is 1. The van der Waals surface area contributed by atoms with Crippen molar-refractivity contribution in [3.63, 3.8) is 0 Å². The molecule has 6 heteroatoms. The van der Waals surface area contributed by atoms with Gasteiger partial charge in [-0.25, -0.2) is 9.18 Å². The lowest BCUT2D eigenvalue weighted by atomic mass is 10.2. The van der Waals surface area contributed by atoms with Gasteiger partial charge < -0.3 is 20.1 Å². The molecule has 5 nitrogen and oxygen atoms in total. The number of ether oxygens (including phenoxy) is 1. The number of halogens is 1. The van der Waals surface area contributed by atoms with Crippen LogP contribution in [0.15, 0.2) is 48.5 Å². The molecule has 2 N–H and O–H groups in total. The number of amides is 2. The van der Waals surface area contributed by atoms with Crippen LogP contribution in [0.4, 0.5) is 14.9 Å². The summed E-state index contributed by atoms with van der Waals surface area (Å²) in [4.78, 5) is 13.7. The van der Waals surface area contributed by atoms with E-state index in [2.05, 4.69) is 5.32 Å². The number of β-amino-alcohol motifs (C(OH)–C–C–N with tert-alkyl or cyclic N) is 1. The molecular formula is C18H19FN2O3. The highest BCUT2D eigenvalue weighted by molar-refractivity contribution is 5.89. The topological polar surface area (TPSA) is 61.8 Å². The fraction of sp³-hybridized carbons (Fsp3) is 0.278. The number of carbonyl (C=O) groups is 1. The van der Waals surface area contributed by atoms with Gasteiger partial charge in [-0.05, 0) is 36.2 Å². The third-order valence-corrected chi connectivity index (χ3v) is 3.83. The average molecular weight is 330 g/mol. The summed E-state index contributed by atoms with van der Waals surface area (Å²) in [5.41, 5.74) is 1.51. The van der Waals surface area contributed by atoms with Gasteiger partial charge in [-0.2, -0.15) is 0 Å². The summed E-state index contributed by atoms with van der Waals surface area (Å²) >= 11 is 0. The lowest BCUT2D eigenvalue weighted by Crippen LogP contribution is -2.33. The van der Waals surface area contributed by atoms with E-state index < -0.39 is 6.10 Å². The minimum absolute atomic E-state index is 0.227. The predicted molar refractivity (Wildman–Crippen MR) is 88.4 cm³/mol. The normalized spacial score (nSPS) is 16.9. The molecule has 0 spiro atoms. The molecule has 0 unspecified atom stereocenters. The fourth-order valence-corrected chi connectivity index (χ4v) is 2.59. The molecule has 1 heterocycles. The fourth-order valence-electron chi connectivity index (χ4n) is 2.59. The van der Waals surface area contributed by atoms with Crippen molar-refractivity contribution in [2.75, 3.05) is 18.4 Å². The van der Waals surface area contributed by atoms with Crippen LogP contribution in [0, 0.1) is 5.82 Å². The lowest BCUT2D eigenvalue weighted by Gasteiger charge is -2.17. The van der Waals surface area contributed by atoms with Crippen molar-refractivity contribution in [2.45, 2.75) is 19.1 Å². The Morgan fingerprint density at radius 1 is 1.29 bits per heavy atom. The first kappa shape index (κ1) is 16.3. The number of likely N-dealkylation sites (tertiary alicyclic amines) is 1. The number of hydrogen-bond acceptors (Lipinski definition) is 3. The summed E-state index contributed by atoms with van der Waals surface area (Å²) in [6.07, 6.45) is 0.163. The number of anilines is 1. The van der Waals surface area contributed by atoms with Gasteiger partial charge in [0.25, 0.3) is 0 Å². The first-order valence-electron chi connectivity index (χ1n) is 7.81. The largest absolute Gasteiger partial charge is 0.489 e. The van der Waals surface area contributed by atoms with Gasteiger partial charge in [0.1, 0.15) is 18.2 Å². The number of benzene rings is 2. The molecule has 1 saturated heterocycles. The Morgan fingerprint density at radius 3 is 2.88 bits per heavy atom. The molecule has 126 valence electrons. The Hall–Kier alpha value is -2.60. The third kappa shape index (κ3) is 4.23. The van der Waals surface area contributed by atoms with E-state index >= 15 is 0 Å². The highest BCUT2D eigenvalue weighted by Crippen LogP contribution is 2.17. The van der Waals surface area contributed by atoms with Gasteiger partial charge in [-0.15, -0.1) is 0 Å². The Labute approximate surface area is 139 Å². The molecule has 1 aliphatic heterocycles. The molecular weight excluding hydrogens is 311 g/mol. The molecule has 2 aromatic rings. The number of rotatable bonds is 4. The van der Waals surface area contributed by atoms with Gasteiger partial charge in [0, 0.05) is 24.8 Å². The van der Waals surface area contributed by atoms with Crippen molar-refractivity contribution in [1.29, 1.82) is 0 Å². The highest BCUT2D eigenvalue weighted by Gasteiger charge is 2.24. The van der Waals surface area contributed by atoms with E-state index in [-0.39, 0.29) is 18.5 Å². The third-order valence-electron chi connectivity index (χ3n) is 3.83. The van der Waals surface area contributed by atoms with Gasteiger partial charge in [-0.3, -0.25) is 0 Å². The Kier molecular flexibility index (Phi) is 4.96. The van der Waals surface area contributed by atoms with Gasteiger partial charge in [0.05, 0.1) is 6.10 Å². The Balaban J connectivity index is 1.58. The predicted octanol–water partition coefficient (Wildman–Crippen LogP) is 3.00. The number of urea groups is 1. The van der Waals surface area contributed by atoms with Crippen LogP contribution in [0.3, 0.4) is 0 Å². The molecule has 24 heavy (non-hydrogen) atoms. The van der Waals surface area contributed by atoms with Gasteiger partial charge in [-0.1, -0.05) is 18.2 Å². The van der Waals surface area contributed by atoms with Gasteiger partial charge in [0.2, 0.25) is 0 Å². The smallest absolute Gasteiger partial charge is 0.321 e. The Morgan fingerprint density at radius 2 is 2.12 bits per heavy atom. The summed E-state index contributed by atoms with van der Waals surface area (Å²) in [6.45, 7) is 1.18. The zero-order chi connectivity index (χ0) is 16.9. The number of aliphatic hydroxyl groups excluding tert-OH is 1. The molecule has 0 aliphatic carbocycles. The van der Waals surface area contributed by atoms with E-state index in [1.54, 1.807) is 23.1 Å². The van der Waals surface area contributed by atoms with Crippen molar-refractivity contribution < 1.29 is 19.0 Å². The molecule has 1 atom stereocenters. The average Bonchev–Trinajstić information content (AvgIpc) is 3.00. The van der Waals surface area contributed by atoms with Crippen LogP contribution in [-0.2, 0) is 6.61 Å². The molecule has 0 radical (unpaired) electrons. The molecule has 1 aliphatic rings. The SMILES string of the molecule is O=C(Nc1cccc(COc2cccc(F)c2)c1)N1CC[C@@H](O)C1. The van der Waals surface area contributed by atoms with E-state index in [1.807, 2.05) is 18.2 Å². The van der Waals surface area contributed by atoms with Crippen LogP contribution in [-0.4, -0.2) is 35.2 Å². The van der Waals surface area contributed by atoms with Crippen LogP contribution in [0.2, 0.25) is 0 Å². The van der Waals surface area contributed by atoms with E-state index in [0.29, 0.717) is 30.9 Å².